The van der Waals surface area contributed by atoms with Crippen LogP contribution in [-0.2, 0) is 4.57 Å². The van der Waals surface area contributed by atoms with E-state index in [0.717, 1.165) is 19.3 Å². The molecule has 0 atom stereocenters. The lowest BCUT2D eigenvalue weighted by Crippen LogP contribution is -2.27. The minimum Gasteiger partial charge on any atom is -0.324 e. The summed E-state index contributed by atoms with van der Waals surface area (Å²) in [5.41, 5.74) is 0. The van der Waals surface area contributed by atoms with Gasteiger partial charge in [-0.2, -0.15) is 0 Å². The van der Waals surface area contributed by atoms with Gasteiger partial charge in [0.1, 0.15) is 0 Å². The van der Waals surface area contributed by atoms with E-state index in [0.29, 0.717) is 19.3 Å². The fourth-order valence-corrected chi connectivity index (χ4v) is 3.88. The molecule has 0 radical (unpaired) electrons. The zero-order valence-corrected chi connectivity index (χ0v) is 13.5. The lowest BCUT2D eigenvalue weighted by Gasteiger charge is -2.32. The highest BCUT2D eigenvalue weighted by atomic mass is 31.2. The van der Waals surface area contributed by atoms with Crippen LogP contribution < -0.4 is 0 Å². The van der Waals surface area contributed by atoms with Crippen LogP contribution in [0.4, 0.5) is 0 Å². The Bertz CT molecular complexity index is 279. The van der Waals surface area contributed by atoms with Gasteiger partial charge in [-0.15, -0.1) is 6.58 Å². The predicted octanol–water partition coefficient (Wildman–Crippen LogP) is 5.03. The standard InChI is InChI=1S/C15H31O3P/c1-4-7-8-9-10-11-12-13-14-15(5-2,6-3)19(16,17)18/h4H,1,5-14H2,2-3H3,(H2,16,17,18). The molecule has 0 saturated heterocycles. The number of rotatable bonds is 12. The molecule has 0 fully saturated rings. The summed E-state index contributed by atoms with van der Waals surface area (Å²) in [5.74, 6) is 0. The van der Waals surface area contributed by atoms with Gasteiger partial charge >= 0.3 is 7.60 Å². The Hall–Kier alpha value is -0.110. The van der Waals surface area contributed by atoms with Crippen molar-refractivity contribution in [1.82, 2.24) is 0 Å². The zero-order chi connectivity index (χ0) is 14.8. The number of hydrogen-bond acceptors (Lipinski definition) is 1. The first kappa shape index (κ1) is 18.9. The van der Waals surface area contributed by atoms with Gasteiger partial charge in [-0.05, 0) is 32.1 Å². The molecule has 0 aromatic carbocycles. The second kappa shape index (κ2) is 9.74. The first-order valence-corrected chi connectivity index (χ1v) is 9.21. The summed E-state index contributed by atoms with van der Waals surface area (Å²) in [5, 5.41) is -0.782. The highest BCUT2D eigenvalue weighted by Crippen LogP contribution is 2.57. The Morgan fingerprint density at radius 2 is 1.47 bits per heavy atom. The molecule has 0 aromatic rings. The molecule has 19 heavy (non-hydrogen) atoms. The molecule has 0 aliphatic heterocycles. The first-order valence-electron chi connectivity index (χ1n) is 7.60. The quantitative estimate of drug-likeness (QED) is 0.301. The van der Waals surface area contributed by atoms with E-state index in [4.69, 9.17) is 0 Å². The van der Waals surface area contributed by atoms with Crippen LogP contribution in [0.25, 0.3) is 0 Å². The van der Waals surface area contributed by atoms with Crippen molar-refractivity contribution < 1.29 is 14.4 Å². The zero-order valence-electron chi connectivity index (χ0n) is 12.6. The Morgan fingerprint density at radius 3 is 1.89 bits per heavy atom. The molecule has 114 valence electrons. The van der Waals surface area contributed by atoms with Crippen LogP contribution in [-0.4, -0.2) is 14.9 Å². The second-order valence-electron chi connectivity index (χ2n) is 5.42. The second-order valence-corrected chi connectivity index (χ2v) is 7.46. The Kier molecular flexibility index (Phi) is 9.68. The molecule has 0 saturated carbocycles. The third-order valence-electron chi connectivity index (χ3n) is 4.23. The van der Waals surface area contributed by atoms with E-state index in [1.54, 1.807) is 0 Å². The van der Waals surface area contributed by atoms with Crippen molar-refractivity contribution in [3.8, 4) is 0 Å². The van der Waals surface area contributed by atoms with Gasteiger partial charge in [0.05, 0.1) is 5.16 Å². The predicted molar refractivity (Wildman–Crippen MR) is 82.5 cm³/mol. The molecule has 4 heteroatoms. The maximum Gasteiger partial charge on any atom is 0.331 e. The highest BCUT2D eigenvalue weighted by molar-refractivity contribution is 7.53. The van der Waals surface area contributed by atoms with Crippen molar-refractivity contribution in [3.05, 3.63) is 12.7 Å². The van der Waals surface area contributed by atoms with Crippen LogP contribution in [0.1, 0.15) is 78.1 Å². The normalized spacial score (nSPS) is 12.6. The van der Waals surface area contributed by atoms with Gasteiger partial charge in [-0.25, -0.2) is 0 Å². The van der Waals surface area contributed by atoms with E-state index >= 15 is 0 Å². The van der Waals surface area contributed by atoms with Crippen molar-refractivity contribution in [2.75, 3.05) is 0 Å². The fourth-order valence-electron chi connectivity index (χ4n) is 2.61. The third kappa shape index (κ3) is 6.74. The lowest BCUT2D eigenvalue weighted by atomic mass is 9.94. The number of allylic oxidation sites excluding steroid dienone is 1. The third-order valence-corrected chi connectivity index (χ3v) is 6.33. The molecule has 0 heterocycles. The summed E-state index contributed by atoms with van der Waals surface area (Å²) < 4.78 is 11.6. The summed E-state index contributed by atoms with van der Waals surface area (Å²) in [6.07, 6.45) is 11.7. The number of hydrogen-bond donors (Lipinski definition) is 2. The van der Waals surface area contributed by atoms with Crippen molar-refractivity contribution >= 4 is 7.60 Å². The molecule has 0 bridgehead atoms. The number of unbranched alkanes of at least 4 members (excludes halogenated alkanes) is 6. The van der Waals surface area contributed by atoms with Crippen molar-refractivity contribution in [3.63, 3.8) is 0 Å². The smallest absolute Gasteiger partial charge is 0.324 e. The summed E-state index contributed by atoms with van der Waals surface area (Å²) in [7, 11) is -3.99. The lowest BCUT2D eigenvalue weighted by molar-refractivity contribution is 0.300. The average Bonchev–Trinajstić information content (AvgIpc) is 2.36. The topological polar surface area (TPSA) is 57.5 Å². The van der Waals surface area contributed by atoms with Crippen LogP contribution in [0, 0.1) is 0 Å². The molecule has 2 N–H and O–H groups in total. The van der Waals surface area contributed by atoms with E-state index in [1.807, 2.05) is 19.9 Å². The average molecular weight is 290 g/mol. The highest BCUT2D eigenvalue weighted by Gasteiger charge is 2.42. The molecule has 0 spiro atoms. The molecule has 0 aliphatic carbocycles. The largest absolute Gasteiger partial charge is 0.331 e. The summed E-state index contributed by atoms with van der Waals surface area (Å²) in [6, 6.07) is 0. The van der Waals surface area contributed by atoms with Gasteiger partial charge < -0.3 is 9.79 Å². The van der Waals surface area contributed by atoms with Crippen molar-refractivity contribution in [1.29, 1.82) is 0 Å². The van der Waals surface area contributed by atoms with E-state index in [2.05, 4.69) is 6.58 Å². The molecule has 0 aromatic heterocycles. The summed E-state index contributed by atoms with van der Waals surface area (Å²) >= 11 is 0. The minimum absolute atomic E-state index is 0.563. The SMILES string of the molecule is C=CCCCCCCCCC(CC)(CC)P(=O)(O)O. The van der Waals surface area contributed by atoms with Gasteiger partial charge in [-0.3, -0.25) is 4.57 Å². The molecular weight excluding hydrogens is 259 g/mol. The Morgan fingerprint density at radius 1 is 1.00 bits per heavy atom. The van der Waals surface area contributed by atoms with E-state index < -0.39 is 12.8 Å². The van der Waals surface area contributed by atoms with Gasteiger partial charge in [0.2, 0.25) is 0 Å². The Balaban J connectivity index is 3.90. The monoisotopic (exact) mass is 290 g/mol. The van der Waals surface area contributed by atoms with E-state index in [1.165, 1.54) is 25.7 Å². The maximum absolute atomic E-state index is 11.6. The van der Waals surface area contributed by atoms with Gasteiger partial charge in [-0.1, -0.05) is 52.0 Å². The fraction of sp³-hybridized carbons (Fsp3) is 0.867. The molecule has 0 amide bonds. The van der Waals surface area contributed by atoms with Crippen LogP contribution in [0.5, 0.6) is 0 Å². The minimum atomic E-state index is -3.99. The van der Waals surface area contributed by atoms with Gasteiger partial charge in [0.15, 0.2) is 0 Å². The van der Waals surface area contributed by atoms with Crippen molar-refractivity contribution in [2.45, 2.75) is 83.2 Å². The Labute approximate surface area is 118 Å². The molecule has 0 rings (SSSR count). The molecule has 0 aliphatic rings. The van der Waals surface area contributed by atoms with Crippen LogP contribution >= 0.6 is 7.60 Å². The van der Waals surface area contributed by atoms with Gasteiger partial charge in [0.25, 0.3) is 0 Å². The van der Waals surface area contributed by atoms with Crippen LogP contribution in [0.15, 0.2) is 12.7 Å². The summed E-state index contributed by atoms with van der Waals surface area (Å²) in [6.45, 7) is 7.48. The van der Waals surface area contributed by atoms with E-state index in [-0.39, 0.29) is 0 Å². The summed E-state index contributed by atoms with van der Waals surface area (Å²) in [4.78, 5) is 19.1. The molecular formula is C15H31O3P. The van der Waals surface area contributed by atoms with Gasteiger partial charge in [0, 0.05) is 0 Å². The van der Waals surface area contributed by atoms with E-state index in [9.17, 15) is 14.4 Å². The first-order chi connectivity index (χ1) is 8.93. The van der Waals surface area contributed by atoms with Crippen LogP contribution in [0.3, 0.4) is 0 Å². The van der Waals surface area contributed by atoms with Crippen LogP contribution in [0.2, 0.25) is 0 Å². The molecule has 3 nitrogen and oxygen atoms in total. The van der Waals surface area contributed by atoms with Crippen molar-refractivity contribution in [2.24, 2.45) is 0 Å². The maximum atomic E-state index is 11.6. The molecule has 0 unspecified atom stereocenters.